The molecule has 0 saturated carbocycles. The number of rotatable bonds is 7. The summed E-state index contributed by atoms with van der Waals surface area (Å²) in [5, 5.41) is 4.27. The van der Waals surface area contributed by atoms with Gasteiger partial charge in [-0.25, -0.2) is 0 Å². The van der Waals surface area contributed by atoms with E-state index in [1.54, 1.807) is 10.9 Å². The van der Waals surface area contributed by atoms with Crippen LogP contribution in [0.15, 0.2) is 12.4 Å². The van der Waals surface area contributed by atoms with Crippen LogP contribution in [0.5, 0.6) is 0 Å². The van der Waals surface area contributed by atoms with Crippen LogP contribution in [0.3, 0.4) is 0 Å². The fourth-order valence-corrected chi connectivity index (χ4v) is 3.92. The van der Waals surface area contributed by atoms with Gasteiger partial charge in [0.15, 0.2) is 0 Å². The van der Waals surface area contributed by atoms with Crippen molar-refractivity contribution in [2.75, 3.05) is 36.8 Å². The van der Waals surface area contributed by atoms with Gasteiger partial charge in [-0.2, -0.15) is 5.10 Å². The van der Waals surface area contributed by atoms with Gasteiger partial charge in [-0.1, -0.05) is 13.8 Å². The van der Waals surface area contributed by atoms with Gasteiger partial charge in [-0.05, 0) is 25.9 Å². The first-order valence-corrected chi connectivity index (χ1v) is 8.84. The smallest absolute Gasteiger partial charge is 0.240 e. The maximum Gasteiger partial charge on any atom is 0.240 e. The lowest BCUT2D eigenvalue weighted by Crippen LogP contribution is -2.43. The van der Waals surface area contributed by atoms with Gasteiger partial charge in [-0.3, -0.25) is 9.48 Å². The molecule has 1 aromatic heterocycles. The summed E-state index contributed by atoms with van der Waals surface area (Å²) in [6.07, 6.45) is 5.77. The van der Waals surface area contributed by atoms with Crippen molar-refractivity contribution >= 4 is 23.4 Å². The number of piperidine rings is 1. The average molecular weight is 310 g/mol. The lowest BCUT2D eigenvalue weighted by atomic mass is 10.1. The van der Waals surface area contributed by atoms with Gasteiger partial charge in [0.2, 0.25) is 5.91 Å². The predicted molar refractivity (Wildman–Crippen MR) is 88.8 cm³/mol. The number of carbonyl (C=O) groups is 1. The molecule has 1 aliphatic rings. The number of aryl methyl sites for hydroxylation is 1. The van der Waals surface area contributed by atoms with Gasteiger partial charge in [-0.15, -0.1) is 11.8 Å². The van der Waals surface area contributed by atoms with Crippen LogP contribution in [0.1, 0.15) is 26.7 Å². The maximum atomic E-state index is 12.6. The molecule has 1 unspecified atom stereocenters. The number of carbonyl (C=O) groups excluding carboxylic acids is 1. The Kier molecular flexibility index (Phi) is 6.11. The second kappa shape index (κ2) is 7.84. The van der Waals surface area contributed by atoms with E-state index in [4.69, 9.17) is 0 Å². The zero-order valence-corrected chi connectivity index (χ0v) is 14.1. The van der Waals surface area contributed by atoms with Crippen molar-refractivity contribution in [2.45, 2.75) is 31.9 Å². The number of thioether (sulfide) groups is 1. The van der Waals surface area contributed by atoms with Crippen molar-refractivity contribution in [1.82, 2.24) is 14.7 Å². The molecule has 0 radical (unpaired) electrons. The SMILES string of the molecule is CCN(CC)CCSC1CCCN(c2cnn(C)c2)C1=O. The molecule has 2 heterocycles. The van der Waals surface area contributed by atoms with E-state index in [0.717, 1.165) is 50.5 Å². The molecule has 0 aliphatic carbocycles. The van der Waals surface area contributed by atoms with Gasteiger partial charge in [0.05, 0.1) is 17.1 Å². The number of hydrogen-bond acceptors (Lipinski definition) is 4. The fraction of sp³-hybridized carbons (Fsp3) is 0.733. The molecule has 1 fully saturated rings. The summed E-state index contributed by atoms with van der Waals surface area (Å²) >= 11 is 1.81. The van der Waals surface area contributed by atoms with Crippen LogP contribution in [0.2, 0.25) is 0 Å². The minimum absolute atomic E-state index is 0.106. The Morgan fingerprint density at radius 1 is 1.43 bits per heavy atom. The number of aromatic nitrogens is 2. The normalized spacial score (nSPS) is 19.5. The monoisotopic (exact) mass is 310 g/mol. The van der Waals surface area contributed by atoms with Crippen molar-refractivity contribution in [2.24, 2.45) is 7.05 Å². The Balaban J connectivity index is 1.88. The molecule has 0 bridgehead atoms. The highest BCUT2D eigenvalue weighted by atomic mass is 32.2. The molecule has 1 amide bonds. The molecule has 1 aliphatic heterocycles. The standard InChI is InChI=1S/C15H26N4OS/c1-4-18(5-2)9-10-21-14-7-6-8-19(15(14)20)13-11-16-17(3)12-13/h11-12,14H,4-10H2,1-3H3. The highest BCUT2D eigenvalue weighted by Gasteiger charge is 2.30. The molecule has 6 heteroatoms. The van der Waals surface area contributed by atoms with Crippen LogP contribution in [0, 0.1) is 0 Å². The van der Waals surface area contributed by atoms with E-state index < -0.39 is 0 Å². The van der Waals surface area contributed by atoms with Gasteiger partial charge in [0, 0.05) is 32.1 Å². The van der Waals surface area contributed by atoms with E-state index in [9.17, 15) is 4.79 Å². The summed E-state index contributed by atoms with van der Waals surface area (Å²) in [7, 11) is 1.88. The quantitative estimate of drug-likeness (QED) is 0.772. The van der Waals surface area contributed by atoms with Gasteiger partial charge in [0.25, 0.3) is 0 Å². The van der Waals surface area contributed by atoms with Gasteiger partial charge >= 0.3 is 0 Å². The van der Waals surface area contributed by atoms with Crippen LogP contribution in [0.25, 0.3) is 0 Å². The molecule has 1 saturated heterocycles. The van der Waals surface area contributed by atoms with Crippen molar-refractivity contribution in [3.05, 3.63) is 12.4 Å². The zero-order valence-electron chi connectivity index (χ0n) is 13.3. The van der Waals surface area contributed by atoms with Crippen LogP contribution in [-0.4, -0.2) is 57.8 Å². The molecular formula is C15H26N4OS. The lowest BCUT2D eigenvalue weighted by molar-refractivity contribution is -0.119. The zero-order chi connectivity index (χ0) is 15.2. The maximum absolute atomic E-state index is 12.6. The Bertz CT molecular complexity index is 458. The van der Waals surface area contributed by atoms with E-state index >= 15 is 0 Å². The molecule has 0 N–H and O–H groups in total. The molecular weight excluding hydrogens is 284 g/mol. The Morgan fingerprint density at radius 3 is 2.81 bits per heavy atom. The van der Waals surface area contributed by atoms with E-state index in [1.165, 1.54) is 0 Å². The van der Waals surface area contributed by atoms with Crippen molar-refractivity contribution in [1.29, 1.82) is 0 Å². The summed E-state index contributed by atoms with van der Waals surface area (Å²) in [6.45, 7) is 8.41. The first kappa shape index (κ1) is 16.4. The minimum atomic E-state index is 0.106. The van der Waals surface area contributed by atoms with E-state index in [0.29, 0.717) is 0 Å². The highest BCUT2D eigenvalue weighted by molar-refractivity contribution is 8.00. The summed E-state index contributed by atoms with van der Waals surface area (Å²) in [5.74, 6) is 1.28. The Morgan fingerprint density at radius 2 is 2.19 bits per heavy atom. The number of amides is 1. The summed E-state index contributed by atoms with van der Waals surface area (Å²) in [5.41, 5.74) is 0.927. The molecule has 0 aromatic carbocycles. The lowest BCUT2D eigenvalue weighted by Gasteiger charge is -2.31. The van der Waals surface area contributed by atoms with Gasteiger partial charge in [0.1, 0.15) is 0 Å². The summed E-state index contributed by atoms with van der Waals surface area (Å²) in [4.78, 5) is 16.9. The Hall–Kier alpha value is -1.01. The molecule has 118 valence electrons. The third-order valence-corrected chi connectivity index (χ3v) is 5.27. The van der Waals surface area contributed by atoms with Crippen LogP contribution >= 0.6 is 11.8 Å². The topological polar surface area (TPSA) is 41.4 Å². The van der Waals surface area contributed by atoms with Crippen molar-refractivity contribution in [3.63, 3.8) is 0 Å². The molecule has 1 aromatic rings. The first-order valence-electron chi connectivity index (χ1n) is 7.79. The number of anilines is 1. The van der Waals surface area contributed by atoms with Crippen molar-refractivity contribution < 1.29 is 4.79 Å². The van der Waals surface area contributed by atoms with E-state index in [1.807, 2.05) is 29.9 Å². The first-order chi connectivity index (χ1) is 10.2. The van der Waals surface area contributed by atoms with Crippen molar-refractivity contribution in [3.8, 4) is 0 Å². The van der Waals surface area contributed by atoms with E-state index in [-0.39, 0.29) is 11.2 Å². The third kappa shape index (κ3) is 4.23. The highest BCUT2D eigenvalue weighted by Crippen LogP contribution is 2.27. The second-order valence-electron chi connectivity index (χ2n) is 5.39. The van der Waals surface area contributed by atoms with Crippen LogP contribution in [-0.2, 0) is 11.8 Å². The second-order valence-corrected chi connectivity index (χ2v) is 6.70. The minimum Gasteiger partial charge on any atom is -0.309 e. The summed E-state index contributed by atoms with van der Waals surface area (Å²) < 4.78 is 1.75. The third-order valence-electron chi connectivity index (χ3n) is 4.01. The Labute approximate surface area is 131 Å². The molecule has 5 nitrogen and oxygen atoms in total. The predicted octanol–water partition coefficient (Wildman–Crippen LogP) is 1.99. The van der Waals surface area contributed by atoms with Crippen LogP contribution in [0.4, 0.5) is 5.69 Å². The number of hydrogen-bond donors (Lipinski definition) is 0. The average Bonchev–Trinajstić information content (AvgIpc) is 2.91. The van der Waals surface area contributed by atoms with E-state index in [2.05, 4.69) is 23.8 Å². The molecule has 2 rings (SSSR count). The van der Waals surface area contributed by atoms with Crippen LogP contribution < -0.4 is 4.90 Å². The largest absolute Gasteiger partial charge is 0.309 e. The molecule has 1 atom stereocenters. The fourth-order valence-electron chi connectivity index (χ4n) is 2.66. The molecule has 21 heavy (non-hydrogen) atoms. The molecule has 0 spiro atoms. The summed E-state index contributed by atoms with van der Waals surface area (Å²) in [6, 6.07) is 0. The number of nitrogens with zero attached hydrogens (tertiary/aromatic N) is 4. The van der Waals surface area contributed by atoms with Gasteiger partial charge < -0.3 is 9.80 Å².